The van der Waals surface area contributed by atoms with Gasteiger partial charge in [-0.15, -0.1) is 0 Å². The maximum atomic E-state index is 13.0. The highest BCUT2D eigenvalue weighted by molar-refractivity contribution is 5.95. The second kappa shape index (κ2) is 6.55. The van der Waals surface area contributed by atoms with Crippen molar-refractivity contribution in [3.05, 3.63) is 35.4 Å². The third kappa shape index (κ3) is 2.93. The van der Waals surface area contributed by atoms with E-state index >= 15 is 0 Å². The monoisotopic (exact) mass is 327 g/mol. The number of amides is 2. The summed E-state index contributed by atoms with van der Waals surface area (Å²) in [5.41, 5.74) is 1.87. The Bertz CT molecular complexity index is 614. The van der Waals surface area contributed by atoms with Crippen molar-refractivity contribution in [2.75, 3.05) is 19.6 Å². The number of benzene rings is 1. The highest BCUT2D eigenvalue weighted by atomic mass is 16.2. The van der Waals surface area contributed by atoms with Gasteiger partial charge in [-0.1, -0.05) is 12.1 Å². The van der Waals surface area contributed by atoms with E-state index < -0.39 is 0 Å². The Kier molecular flexibility index (Phi) is 4.27. The molecule has 5 nitrogen and oxygen atoms in total. The summed E-state index contributed by atoms with van der Waals surface area (Å²) in [6.45, 7) is 3.43. The predicted molar refractivity (Wildman–Crippen MR) is 91.6 cm³/mol. The average molecular weight is 327 g/mol. The van der Waals surface area contributed by atoms with Crippen molar-refractivity contribution in [2.24, 2.45) is 0 Å². The molecule has 3 aliphatic rings. The van der Waals surface area contributed by atoms with Gasteiger partial charge in [0.2, 0.25) is 5.91 Å². The highest BCUT2D eigenvalue weighted by Gasteiger charge is 2.38. The molecule has 2 bridgehead atoms. The van der Waals surface area contributed by atoms with Crippen molar-refractivity contribution >= 4 is 11.8 Å². The number of carbonyl (C=O) groups is 2. The van der Waals surface area contributed by atoms with Crippen LogP contribution in [0.5, 0.6) is 0 Å². The Morgan fingerprint density at radius 2 is 1.92 bits per heavy atom. The fourth-order valence-electron chi connectivity index (χ4n) is 4.31. The van der Waals surface area contributed by atoms with E-state index in [-0.39, 0.29) is 11.8 Å². The van der Waals surface area contributed by atoms with Crippen LogP contribution in [0, 0.1) is 0 Å². The molecular formula is C19H25N3O2. The van der Waals surface area contributed by atoms with Gasteiger partial charge < -0.3 is 15.1 Å². The third-order valence-electron chi connectivity index (χ3n) is 5.63. The van der Waals surface area contributed by atoms with E-state index in [2.05, 4.69) is 10.2 Å². The number of fused-ring (bicyclic) bond motifs is 2. The average Bonchev–Trinajstić information content (AvgIpc) is 3.09. The first-order valence-electron chi connectivity index (χ1n) is 9.12. The minimum atomic E-state index is 0.162. The molecule has 0 aliphatic carbocycles. The number of nitrogens with zero attached hydrogens (tertiary/aromatic N) is 2. The summed E-state index contributed by atoms with van der Waals surface area (Å²) in [7, 11) is 0. The van der Waals surface area contributed by atoms with Crippen molar-refractivity contribution in [3.63, 3.8) is 0 Å². The summed E-state index contributed by atoms with van der Waals surface area (Å²) in [4.78, 5) is 28.7. The van der Waals surface area contributed by atoms with Crippen LogP contribution in [0.15, 0.2) is 24.3 Å². The second-order valence-electron chi connectivity index (χ2n) is 7.21. The molecule has 0 radical (unpaired) electrons. The summed E-state index contributed by atoms with van der Waals surface area (Å²) in [6.07, 6.45) is 4.92. The molecule has 1 aromatic rings. The van der Waals surface area contributed by atoms with E-state index in [9.17, 15) is 9.59 Å². The zero-order chi connectivity index (χ0) is 16.5. The SMILES string of the molecule is O=C1CCCN1Cc1ccc(C(=O)N2C3CCNCC2CC3)cc1. The molecule has 0 spiro atoms. The van der Waals surface area contributed by atoms with Gasteiger partial charge in [0.25, 0.3) is 5.91 Å². The minimum Gasteiger partial charge on any atom is -0.338 e. The van der Waals surface area contributed by atoms with Crippen molar-refractivity contribution in [2.45, 2.75) is 50.7 Å². The lowest BCUT2D eigenvalue weighted by Crippen LogP contribution is -2.42. The molecule has 1 aromatic carbocycles. The molecular weight excluding hydrogens is 302 g/mol. The van der Waals surface area contributed by atoms with Crippen molar-refractivity contribution in [1.82, 2.24) is 15.1 Å². The summed E-state index contributed by atoms with van der Waals surface area (Å²) >= 11 is 0. The van der Waals surface area contributed by atoms with Crippen LogP contribution in [0.3, 0.4) is 0 Å². The number of likely N-dealkylation sites (tertiary alicyclic amines) is 1. The van der Waals surface area contributed by atoms with E-state index in [0.29, 0.717) is 25.0 Å². The fourth-order valence-corrected chi connectivity index (χ4v) is 4.31. The Morgan fingerprint density at radius 1 is 1.12 bits per heavy atom. The number of carbonyl (C=O) groups excluding carboxylic acids is 2. The summed E-state index contributed by atoms with van der Waals surface area (Å²) in [5, 5.41) is 3.44. The van der Waals surface area contributed by atoms with Crippen molar-refractivity contribution in [3.8, 4) is 0 Å². The topological polar surface area (TPSA) is 52.7 Å². The molecule has 2 atom stereocenters. The van der Waals surface area contributed by atoms with Gasteiger partial charge in [-0.2, -0.15) is 0 Å². The van der Waals surface area contributed by atoms with Gasteiger partial charge in [-0.25, -0.2) is 0 Å². The number of hydrogen-bond donors (Lipinski definition) is 1. The van der Waals surface area contributed by atoms with Gasteiger partial charge in [-0.05, 0) is 49.9 Å². The molecule has 2 amide bonds. The first kappa shape index (κ1) is 15.6. The second-order valence-corrected chi connectivity index (χ2v) is 7.21. The van der Waals surface area contributed by atoms with Gasteiger partial charge in [0.1, 0.15) is 0 Å². The summed E-state index contributed by atoms with van der Waals surface area (Å²) in [5.74, 6) is 0.402. The van der Waals surface area contributed by atoms with Gasteiger partial charge in [0, 0.05) is 43.7 Å². The first-order chi connectivity index (χ1) is 11.7. The quantitative estimate of drug-likeness (QED) is 0.921. The van der Waals surface area contributed by atoms with Crippen LogP contribution >= 0.6 is 0 Å². The summed E-state index contributed by atoms with van der Waals surface area (Å²) < 4.78 is 0. The van der Waals surface area contributed by atoms with Crippen LogP contribution < -0.4 is 5.32 Å². The maximum absolute atomic E-state index is 13.0. The molecule has 0 aromatic heterocycles. The van der Waals surface area contributed by atoms with Crippen molar-refractivity contribution < 1.29 is 9.59 Å². The van der Waals surface area contributed by atoms with Crippen LogP contribution in [-0.4, -0.2) is 53.3 Å². The van der Waals surface area contributed by atoms with Crippen LogP contribution in [0.1, 0.15) is 48.0 Å². The Balaban J connectivity index is 1.46. The van der Waals surface area contributed by atoms with E-state index in [1.807, 2.05) is 29.2 Å². The van der Waals surface area contributed by atoms with Gasteiger partial charge in [0.05, 0.1) is 0 Å². The van der Waals surface area contributed by atoms with Crippen LogP contribution in [0.25, 0.3) is 0 Å². The summed E-state index contributed by atoms with van der Waals surface area (Å²) in [6, 6.07) is 8.57. The molecule has 3 aliphatic heterocycles. The van der Waals surface area contributed by atoms with Gasteiger partial charge >= 0.3 is 0 Å². The molecule has 3 heterocycles. The van der Waals surface area contributed by atoms with Gasteiger partial charge in [0.15, 0.2) is 0 Å². The maximum Gasteiger partial charge on any atom is 0.254 e. The Hall–Kier alpha value is -1.88. The lowest BCUT2D eigenvalue weighted by Gasteiger charge is -2.28. The zero-order valence-corrected chi connectivity index (χ0v) is 14.0. The molecule has 24 heavy (non-hydrogen) atoms. The normalized spacial score (nSPS) is 26.8. The number of rotatable bonds is 3. The lowest BCUT2D eigenvalue weighted by molar-refractivity contribution is -0.128. The van der Waals surface area contributed by atoms with E-state index in [0.717, 1.165) is 56.4 Å². The predicted octanol–water partition coefficient (Wildman–Crippen LogP) is 1.78. The van der Waals surface area contributed by atoms with Crippen molar-refractivity contribution in [1.29, 1.82) is 0 Å². The molecule has 1 N–H and O–H groups in total. The number of nitrogens with one attached hydrogen (secondary N) is 1. The fraction of sp³-hybridized carbons (Fsp3) is 0.579. The molecule has 0 saturated carbocycles. The Morgan fingerprint density at radius 3 is 2.67 bits per heavy atom. The first-order valence-corrected chi connectivity index (χ1v) is 9.12. The van der Waals surface area contributed by atoms with Crippen LogP contribution in [-0.2, 0) is 11.3 Å². The molecule has 2 unspecified atom stereocenters. The number of hydrogen-bond acceptors (Lipinski definition) is 3. The smallest absolute Gasteiger partial charge is 0.254 e. The van der Waals surface area contributed by atoms with Crippen LogP contribution in [0.2, 0.25) is 0 Å². The molecule has 3 fully saturated rings. The minimum absolute atomic E-state index is 0.162. The highest BCUT2D eigenvalue weighted by Crippen LogP contribution is 2.29. The third-order valence-corrected chi connectivity index (χ3v) is 5.63. The van der Waals surface area contributed by atoms with Gasteiger partial charge in [-0.3, -0.25) is 9.59 Å². The van der Waals surface area contributed by atoms with Crippen LogP contribution in [0.4, 0.5) is 0 Å². The molecule has 128 valence electrons. The molecule has 5 heteroatoms. The largest absolute Gasteiger partial charge is 0.338 e. The molecule has 3 saturated heterocycles. The van der Waals surface area contributed by atoms with E-state index in [1.165, 1.54) is 0 Å². The lowest BCUT2D eigenvalue weighted by atomic mass is 10.1. The molecule has 4 rings (SSSR count). The zero-order valence-electron chi connectivity index (χ0n) is 14.0. The standard InChI is InChI=1S/C19H25N3O2/c23-18-2-1-11-21(18)13-14-3-5-15(6-4-14)19(24)22-16-7-8-17(22)12-20-10-9-16/h3-6,16-17,20H,1-2,7-13H2. The van der Waals surface area contributed by atoms with E-state index in [1.54, 1.807) is 0 Å². The Labute approximate surface area is 143 Å². The van der Waals surface area contributed by atoms with E-state index in [4.69, 9.17) is 0 Å².